The maximum absolute atomic E-state index is 15.4. The van der Waals surface area contributed by atoms with Crippen molar-refractivity contribution < 1.29 is 17.6 Å². The summed E-state index contributed by atoms with van der Waals surface area (Å²) < 4.78 is 61.2. The molecule has 0 unspecified atom stereocenters. The van der Waals surface area contributed by atoms with Gasteiger partial charge in [-0.2, -0.15) is 4.39 Å². The minimum absolute atomic E-state index is 0.00178. The van der Waals surface area contributed by atoms with Crippen LogP contribution in [-0.4, -0.2) is 16.3 Å². The molecule has 0 bridgehead atoms. The van der Waals surface area contributed by atoms with Gasteiger partial charge in [-0.15, -0.1) is 0 Å². The number of fused-ring (bicyclic) bond motifs is 4. The van der Waals surface area contributed by atoms with Crippen molar-refractivity contribution in [2.24, 2.45) is 0 Å². The molecular weight excluding hydrogens is 429 g/mol. The molecule has 3 nitrogen and oxygen atoms in total. The molecule has 0 spiro atoms. The standard InChI is InChI=1S/C25H12BF4N3/c27-13-10-19-21-20(11-13)33-24-17(31-25(33)30)12-16(28)23(29)22(24)26(21)15-8-4-5-9-18(15)32(19)14-6-2-1-3-7-14/h1-12H. The summed E-state index contributed by atoms with van der Waals surface area (Å²) in [6, 6.07) is 20.1. The Morgan fingerprint density at radius 1 is 0.727 bits per heavy atom. The number of hydrogen-bond acceptors (Lipinski definition) is 2. The predicted molar refractivity (Wildman–Crippen MR) is 120 cm³/mol. The van der Waals surface area contributed by atoms with Crippen molar-refractivity contribution in [2.45, 2.75) is 0 Å². The Labute approximate surface area is 185 Å². The van der Waals surface area contributed by atoms with Gasteiger partial charge in [-0.25, -0.2) is 18.2 Å². The summed E-state index contributed by atoms with van der Waals surface area (Å²) in [7, 11) is 0. The number of rotatable bonds is 1. The lowest BCUT2D eigenvalue weighted by molar-refractivity contribution is 0.515. The van der Waals surface area contributed by atoms with Gasteiger partial charge in [-0.05, 0) is 46.7 Å². The minimum Gasteiger partial charge on any atom is -0.311 e. The van der Waals surface area contributed by atoms with Gasteiger partial charge in [0.1, 0.15) is 5.82 Å². The smallest absolute Gasteiger partial charge is 0.294 e. The molecule has 2 aliphatic rings. The van der Waals surface area contributed by atoms with Crippen molar-refractivity contribution in [2.75, 3.05) is 4.90 Å². The molecule has 0 saturated carbocycles. The van der Waals surface area contributed by atoms with Crippen LogP contribution >= 0.6 is 0 Å². The van der Waals surface area contributed by atoms with Gasteiger partial charge in [0.15, 0.2) is 11.6 Å². The molecule has 0 aliphatic carbocycles. The first-order valence-electron chi connectivity index (χ1n) is 10.4. The van der Waals surface area contributed by atoms with E-state index in [-0.39, 0.29) is 22.2 Å². The van der Waals surface area contributed by atoms with Gasteiger partial charge in [0.05, 0.1) is 16.7 Å². The summed E-state index contributed by atoms with van der Waals surface area (Å²) in [4.78, 5) is 5.68. The quantitative estimate of drug-likeness (QED) is 0.282. The Hall–Kier alpha value is -4.07. The SMILES string of the molecule is Fc1cc2c3c(c1)-n1c(F)nc4cc(F)c(F)c(c41)B3c1ccccc1N2c1ccccc1. The first-order chi connectivity index (χ1) is 16.0. The van der Waals surface area contributed by atoms with Crippen LogP contribution < -0.4 is 21.3 Å². The van der Waals surface area contributed by atoms with Gasteiger partial charge in [0.25, 0.3) is 12.8 Å². The fraction of sp³-hybridized carbons (Fsp3) is 0. The van der Waals surface area contributed by atoms with E-state index in [4.69, 9.17) is 0 Å². The highest BCUT2D eigenvalue weighted by Gasteiger charge is 2.44. The molecule has 5 aromatic rings. The Bertz CT molecular complexity index is 1630. The van der Waals surface area contributed by atoms with Crippen LogP contribution in [-0.2, 0) is 0 Å². The summed E-state index contributed by atoms with van der Waals surface area (Å²) in [6.07, 6.45) is -0.951. The highest BCUT2D eigenvalue weighted by Crippen LogP contribution is 2.39. The number of aromatic nitrogens is 2. The van der Waals surface area contributed by atoms with Crippen molar-refractivity contribution in [3.8, 4) is 5.69 Å². The number of benzene rings is 4. The molecule has 0 fully saturated rings. The monoisotopic (exact) mass is 441 g/mol. The summed E-state index contributed by atoms with van der Waals surface area (Å²) in [5.41, 5.74) is 3.45. The van der Waals surface area contributed by atoms with E-state index in [1.807, 2.05) is 59.5 Å². The normalized spacial score (nSPS) is 13.3. The topological polar surface area (TPSA) is 21.1 Å². The van der Waals surface area contributed by atoms with E-state index < -0.39 is 30.2 Å². The second kappa shape index (κ2) is 6.25. The summed E-state index contributed by atoms with van der Waals surface area (Å²) >= 11 is 0. The molecule has 7 rings (SSSR count). The van der Waals surface area contributed by atoms with E-state index in [0.717, 1.165) is 16.3 Å². The molecule has 8 heteroatoms. The number of nitrogens with zero attached hydrogens (tertiary/aromatic N) is 3. The Kier molecular flexibility index (Phi) is 3.51. The van der Waals surface area contributed by atoms with Crippen LogP contribution in [0.1, 0.15) is 0 Å². The molecule has 2 aliphatic heterocycles. The van der Waals surface area contributed by atoms with Gasteiger partial charge in [0, 0.05) is 23.1 Å². The van der Waals surface area contributed by atoms with E-state index >= 15 is 8.78 Å². The fourth-order valence-corrected chi connectivity index (χ4v) is 5.30. The van der Waals surface area contributed by atoms with Crippen LogP contribution in [0.3, 0.4) is 0 Å². The van der Waals surface area contributed by atoms with Gasteiger partial charge >= 0.3 is 0 Å². The molecule has 0 N–H and O–H groups in total. The van der Waals surface area contributed by atoms with Crippen molar-refractivity contribution in [1.82, 2.24) is 9.55 Å². The zero-order chi connectivity index (χ0) is 22.4. The molecule has 0 radical (unpaired) electrons. The maximum atomic E-state index is 15.4. The molecule has 0 atom stereocenters. The maximum Gasteiger partial charge on any atom is 0.294 e. The summed E-state index contributed by atoms with van der Waals surface area (Å²) in [5.74, 6) is -2.73. The second-order valence-corrected chi connectivity index (χ2v) is 8.19. The van der Waals surface area contributed by atoms with Crippen molar-refractivity contribution in [3.05, 3.63) is 96.3 Å². The highest BCUT2D eigenvalue weighted by molar-refractivity contribution is 7.00. The first kappa shape index (κ1) is 18.5. The van der Waals surface area contributed by atoms with E-state index in [2.05, 4.69) is 4.98 Å². The molecule has 0 saturated heterocycles. The zero-order valence-electron chi connectivity index (χ0n) is 16.9. The molecule has 1 aromatic heterocycles. The average molecular weight is 441 g/mol. The number of imidazole rings is 1. The predicted octanol–water partition coefficient (Wildman–Crippen LogP) is 4.19. The molecule has 4 aromatic carbocycles. The molecule has 33 heavy (non-hydrogen) atoms. The van der Waals surface area contributed by atoms with Crippen LogP contribution in [0.4, 0.5) is 34.6 Å². The molecular formula is C25H12BF4N3. The van der Waals surface area contributed by atoms with Crippen LogP contribution in [0.25, 0.3) is 16.7 Å². The number of anilines is 3. The van der Waals surface area contributed by atoms with Gasteiger partial charge in [0.2, 0.25) is 0 Å². The molecule has 158 valence electrons. The van der Waals surface area contributed by atoms with E-state index in [1.165, 1.54) is 12.1 Å². The lowest BCUT2D eigenvalue weighted by atomic mass is 9.33. The van der Waals surface area contributed by atoms with Gasteiger partial charge in [-0.1, -0.05) is 36.4 Å². The van der Waals surface area contributed by atoms with Crippen LogP contribution in [0, 0.1) is 23.5 Å². The Balaban J connectivity index is 1.70. The van der Waals surface area contributed by atoms with Crippen molar-refractivity contribution in [1.29, 1.82) is 0 Å². The average Bonchev–Trinajstić information content (AvgIpc) is 3.14. The van der Waals surface area contributed by atoms with Gasteiger partial charge in [-0.3, -0.25) is 4.57 Å². The van der Waals surface area contributed by atoms with E-state index in [0.29, 0.717) is 22.3 Å². The Morgan fingerprint density at radius 2 is 1.45 bits per heavy atom. The third kappa shape index (κ3) is 2.27. The fourth-order valence-electron chi connectivity index (χ4n) is 5.30. The lowest BCUT2D eigenvalue weighted by Crippen LogP contribution is -2.61. The van der Waals surface area contributed by atoms with Crippen molar-refractivity contribution in [3.63, 3.8) is 0 Å². The summed E-state index contributed by atoms with van der Waals surface area (Å²) in [6.45, 7) is -0.756. The van der Waals surface area contributed by atoms with Gasteiger partial charge < -0.3 is 4.90 Å². The molecule has 3 heterocycles. The number of hydrogen-bond donors (Lipinski definition) is 0. The largest absolute Gasteiger partial charge is 0.311 e. The van der Waals surface area contributed by atoms with Crippen molar-refractivity contribution >= 4 is 51.2 Å². The van der Waals surface area contributed by atoms with Crippen LogP contribution in [0.2, 0.25) is 0 Å². The lowest BCUT2D eigenvalue weighted by Gasteiger charge is -2.39. The zero-order valence-corrected chi connectivity index (χ0v) is 16.9. The highest BCUT2D eigenvalue weighted by atomic mass is 19.2. The van der Waals surface area contributed by atoms with E-state index in [1.54, 1.807) is 0 Å². The molecule has 0 amide bonds. The number of para-hydroxylation sites is 2. The minimum atomic E-state index is -1.10. The van der Waals surface area contributed by atoms with Crippen LogP contribution in [0.15, 0.2) is 72.8 Å². The third-order valence-electron chi connectivity index (χ3n) is 6.49. The summed E-state index contributed by atoms with van der Waals surface area (Å²) in [5, 5.41) is 0. The third-order valence-corrected chi connectivity index (χ3v) is 6.49. The second-order valence-electron chi connectivity index (χ2n) is 8.19. The number of halogens is 4. The van der Waals surface area contributed by atoms with E-state index in [9.17, 15) is 8.78 Å². The van der Waals surface area contributed by atoms with Crippen LogP contribution in [0.5, 0.6) is 0 Å². The Morgan fingerprint density at radius 3 is 2.27 bits per heavy atom. The first-order valence-corrected chi connectivity index (χ1v) is 10.4.